The number of aliphatic hydroxyl groups is 1. The van der Waals surface area contributed by atoms with E-state index < -0.39 is 5.60 Å². The van der Waals surface area contributed by atoms with E-state index in [2.05, 4.69) is 20.6 Å². The lowest BCUT2D eigenvalue weighted by molar-refractivity contribution is 0.0655. The summed E-state index contributed by atoms with van der Waals surface area (Å²) in [4.78, 5) is 9.66. The third-order valence-corrected chi connectivity index (χ3v) is 5.37. The molecule has 0 amide bonds. The summed E-state index contributed by atoms with van der Waals surface area (Å²) >= 11 is 1.52. The van der Waals surface area contributed by atoms with Crippen LogP contribution in [0.5, 0.6) is 11.6 Å². The molecule has 0 radical (unpaired) electrons. The SMILES string of the molecule is CCNC(=NCc1ccnc(Oc2ccc(F)cc2)c1)NCC(C)(O)c1cccs1. The van der Waals surface area contributed by atoms with Crippen molar-refractivity contribution < 1.29 is 14.2 Å². The minimum absolute atomic E-state index is 0.320. The van der Waals surface area contributed by atoms with Crippen LogP contribution in [0, 0.1) is 5.82 Å². The molecule has 1 aromatic carbocycles. The quantitative estimate of drug-likeness (QED) is 0.373. The van der Waals surface area contributed by atoms with Crippen LogP contribution in [0.2, 0.25) is 0 Å². The Morgan fingerprint density at radius 1 is 1.23 bits per heavy atom. The van der Waals surface area contributed by atoms with Gasteiger partial charge in [-0.2, -0.15) is 0 Å². The second-order valence-corrected chi connectivity index (χ2v) is 7.81. The van der Waals surface area contributed by atoms with Gasteiger partial charge in [-0.05, 0) is 61.2 Å². The minimum atomic E-state index is -0.989. The molecule has 3 rings (SSSR count). The molecular formula is C22H25FN4O2S. The van der Waals surface area contributed by atoms with Gasteiger partial charge >= 0.3 is 0 Å². The molecule has 3 N–H and O–H groups in total. The fourth-order valence-corrected chi connectivity index (χ4v) is 3.45. The van der Waals surface area contributed by atoms with Gasteiger partial charge in [0.05, 0.1) is 13.1 Å². The maximum atomic E-state index is 13.0. The highest BCUT2D eigenvalue weighted by Gasteiger charge is 2.24. The first-order valence-electron chi connectivity index (χ1n) is 9.63. The summed E-state index contributed by atoms with van der Waals surface area (Å²) in [6, 6.07) is 13.2. The van der Waals surface area contributed by atoms with Gasteiger partial charge in [0.15, 0.2) is 5.96 Å². The van der Waals surface area contributed by atoms with Gasteiger partial charge < -0.3 is 20.5 Å². The zero-order valence-corrected chi connectivity index (χ0v) is 17.7. The Bertz CT molecular complexity index is 960. The van der Waals surface area contributed by atoms with Crippen molar-refractivity contribution in [2.75, 3.05) is 13.1 Å². The zero-order valence-electron chi connectivity index (χ0n) is 16.9. The van der Waals surface area contributed by atoms with Crippen LogP contribution in [0.3, 0.4) is 0 Å². The van der Waals surface area contributed by atoms with Crippen LogP contribution in [0.1, 0.15) is 24.3 Å². The van der Waals surface area contributed by atoms with Gasteiger partial charge in [0.25, 0.3) is 0 Å². The molecule has 1 unspecified atom stereocenters. The molecule has 0 aliphatic carbocycles. The highest BCUT2D eigenvalue weighted by molar-refractivity contribution is 7.10. The molecule has 30 heavy (non-hydrogen) atoms. The van der Waals surface area contributed by atoms with Crippen molar-refractivity contribution in [2.24, 2.45) is 4.99 Å². The van der Waals surface area contributed by atoms with Crippen molar-refractivity contribution in [1.82, 2.24) is 15.6 Å². The Kier molecular flexibility index (Phi) is 7.37. The third-order valence-electron chi connectivity index (χ3n) is 4.25. The lowest BCUT2D eigenvalue weighted by Crippen LogP contribution is -2.44. The van der Waals surface area contributed by atoms with Gasteiger partial charge in [0, 0.05) is 23.7 Å². The summed E-state index contributed by atoms with van der Waals surface area (Å²) in [5.74, 6) is 1.20. The van der Waals surface area contributed by atoms with E-state index >= 15 is 0 Å². The second-order valence-electron chi connectivity index (χ2n) is 6.86. The molecule has 2 heterocycles. The number of ether oxygens (including phenoxy) is 1. The monoisotopic (exact) mass is 428 g/mol. The maximum absolute atomic E-state index is 13.0. The molecule has 0 saturated heterocycles. The smallest absolute Gasteiger partial charge is 0.219 e. The number of aliphatic imine (C=N–C) groups is 1. The molecule has 6 nitrogen and oxygen atoms in total. The molecule has 0 fully saturated rings. The van der Waals surface area contributed by atoms with Crippen molar-refractivity contribution in [2.45, 2.75) is 26.0 Å². The number of thiophene rings is 1. The Morgan fingerprint density at radius 2 is 2.03 bits per heavy atom. The van der Waals surface area contributed by atoms with E-state index in [1.54, 1.807) is 31.3 Å². The van der Waals surface area contributed by atoms with Gasteiger partial charge in [-0.25, -0.2) is 14.4 Å². The van der Waals surface area contributed by atoms with Crippen LogP contribution in [-0.2, 0) is 12.1 Å². The topological polar surface area (TPSA) is 78.8 Å². The molecule has 8 heteroatoms. The molecule has 158 valence electrons. The molecule has 2 aromatic heterocycles. The standard InChI is InChI=1S/C22H25FN4O2S/c1-3-24-21(27-15-22(2,28)19-5-4-12-30-19)26-14-16-10-11-25-20(13-16)29-18-8-6-17(23)7-9-18/h4-13,28H,3,14-15H2,1-2H3,(H2,24,26,27). The number of halogens is 1. The highest BCUT2D eigenvalue weighted by atomic mass is 32.1. The second kappa shape index (κ2) is 10.2. The summed E-state index contributed by atoms with van der Waals surface area (Å²) < 4.78 is 18.7. The maximum Gasteiger partial charge on any atom is 0.219 e. The van der Waals surface area contributed by atoms with E-state index in [1.165, 1.54) is 23.5 Å². The first-order valence-corrected chi connectivity index (χ1v) is 10.5. The van der Waals surface area contributed by atoms with Crippen LogP contribution < -0.4 is 15.4 Å². The predicted molar refractivity (Wildman–Crippen MR) is 117 cm³/mol. The van der Waals surface area contributed by atoms with Crippen molar-refractivity contribution in [3.8, 4) is 11.6 Å². The molecule has 3 aromatic rings. The Morgan fingerprint density at radius 3 is 2.73 bits per heavy atom. The Balaban J connectivity index is 1.63. The predicted octanol–water partition coefficient (Wildman–Crippen LogP) is 4.04. The fraction of sp³-hybridized carbons (Fsp3) is 0.273. The number of benzene rings is 1. The number of pyridine rings is 1. The average Bonchev–Trinajstić information content (AvgIpc) is 3.28. The minimum Gasteiger partial charge on any atom is -0.439 e. The number of hydrogen-bond donors (Lipinski definition) is 3. The summed E-state index contributed by atoms with van der Waals surface area (Å²) in [5, 5.41) is 19.0. The van der Waals surface area contributed by atoms with Crippen LogP contribution in [0.4, 0.5) is 4.39 Å². The summed E-state index contributed by atoms with van der Waals surface area (Å²) in [5.41, 5.74) is -0.0821. The van der Waals surface area contributed by atoms with Crippen molar-refractivity contribution in [3.05, 3.63) is 76.4 Å². The van der Waals surface area contributed by atoms with Crippen molar-refractivity contribution in [3.63, 3.8) is 0 Å². The van der Waals surface area contributed by atoms with Crippen LogP contribution in [-0.4, -0.2) is 29.1 Å². The van der Waals surface area contributed by atoms with E-state index in [-0.39, 0.29) is 5.82 Å². The number of guanidine groups is 1. The number of hydrogen-bond acceptors (Lipinski definition) is 5. The largest absolute Gasteiger partial charge is 0.439 e. The molecule has 0 spiro atoms. The number of nitrogens with zero attached hydrogens (tertiary/aromatic N) is 2. The molecule has 0 bridgehead atoms. The van der Waals surface area contributed by atoms with Gasteiger partial charge in [-0.3, -0.25) is 0 Å². The normalized spacial score (nSPS) is 13.5. The highest BCUT2D eigenvalue weighted by Crippen LogP contribution is 2.24. The number of nitrogens with one attached hydrogen (secondary N) is 2. The summed E-state index contributed by atoms with van der Waals surface area (Å²) in [6.45, 7) is 5.18. The molecule has 0 saturated carbocycles. The number of rotatable bonds is 8. The van der Waals surface area contributed by atoms with Crippen LogP contribution in [0.15, 0.2) is 65.1 Å². The molecular weight excluding hydrogens is 403 g/mol. The van der Waals surface area contributed by atoms with E-state index in [4.69, 9.17) is 4.74 Å². The van der Waals surface area contributed by atoms with E-state index in [0.29, 0.717) is 37.2 Å². The lowest BCUT2D eigenvalue weighted by Gasteiger charge is -2.23. The zero-order chi connectivity index (χ0) is 21.4. The Labute approximate surface area is 179 Å². The Hall–Kier alpha value is -2.97. The van der Waals surface area contributed by atoms with Crippen LogP contribution >= 0.6 is 11.3 Å². The van der Waals surface area contributed by atoms with Gasteiger partial charge in [0.2, 0.25) is 5.88 Å². The first-order chi connectivity index (χ1) is 14.5. The molecule has 0 aliphatic rings. The fourth-order valence-electron chi connectivity index (χ4n) is 2.67. The van der Waals surface area contributed by atoms with Crippen molar-refractivity contribution in [1.29, 1.82) is 0 Å². The van der Waals surface area contributed by atoms with Crippen LogP contribution in [0.25, 0.3) is 0 Å². The molecule has 1 atom stereocenters. The van der Waals surface area contributed by atoms with E-state index in [0.717, 1.165) is 10.4 Å². The first kappa shape index (κ1) is 21.7. The molecule has 0 aliphatic heterocycles. The average molecular weight is 429 g/mol. The van der Waals surface area contributed by atoms with E-state index in [1.807, 2.05) is 30.5 Å². The number of aromatic nitrogens is 1. The van der Waals surface area contributed by atoms with Gasteiger partial charge in [0.1, 0.15) is 17.2 Å². The van der Waals surface area contributed by atoms with Gasteiger partial charge in [-0.1, -0.05) is 6.07 Å². The van der Waals surface area contributed by atoms with Gasteiger partial charge in [-0.15, -0.1) is 11.3 Å². The van der Waals surface area contributed by atoms with E-state index in [9.17, 15) is 9.50 Å². The third kappa shape index (κ3) is 6.27. The van der Waals surface area contributed by atoms with Crippen molar-refractivity contribution >= 4 is 17.3 Å². The summed E-state index contributed by atoms with van der Waals surface area (Å²) in [6.07, 6.45) is 1.64. The lowest BCUT2D eigenvalue weighted by atomic mass is 10.1. The summed E-state index contributed by atoms with van der Waals surface area (Å²) in [7, 11) is 0.